The van der Waals surface area contributed by atoms with Crippen LogP contribution in [0.15, 0.2) is 0 Å². The van der Waals surface area contributed by atoms with Gasteiger partial charge < -0.3 is 15.7 Å². The van der Waals surface area contributed by atoms with Gasteiger partial charge in [-0.2, -0.15) is 0 Å². The highest BCUT2D eigenvalue weighted by molar-refractivity contribution is 5.83. The first-order valence-electron chi connectivity index (χ1n) is 7.33. The molecule has 108 valence electrons. The third-order valence-electron chi connectivity index (χ3n) is 4.33. The van der Waals surface area contributed by atoms with Crippen molar-refractivity contribution in [2.75, 3.05) is 6.54 Å². The van der Waals surface area contributed by atoms with E-state index in [0.717, 1.165) is 31.6 Å². The smallest absolute Gasteiger partial charge is 0.326 e. The van der Waals surface area contributed by atoms with Crippen molar-refractivity contribution in [1.82, 2.24) is 10.6 Å². The SMILES string of the molecule is CC1CCC(CNC(=O)NC(C(=O)O)C2CC2)CC1. The average molecular weight is 268 g/mol. The Kier molecular flexibility index (Phi) is 4.66. The van der Waals surface area contributed by atoms with Crippen LogP contribution in [0.3, 0.4) is 0 Å². The Morgan fingerprint density at radius 3 is 2.32 bits per heavy atom. The fourth-order valence-electron chi connectivity index (χ4n) is 2.77. The minimum Gasteiger partial charge on any atom is -0.480 e. The molecule has 0 heterocycles. The van der Waals surface area contributed by atoms with Crippen LogP contribution < -0.4 is 10.6 Å². The molecule has 2 aliphatic carbocycles. The van der Waals surface area contributed by atoms with Gasteiger partial charge in [-0.05, 0) is 43.4 Å². The van der Waals surface area contributed by atoms with Gasteiger partial charge in [0, 0.05) is 6.54 Å². The number of carboxylic acids is 1. The molecule has 3 N–H and O–H groups in total. The summed E-state index contributed by atoms with van der Waals surface area (Å²) in [7, 11) is 0. The van der Waals surface area contributed by atoms with Crippen molar-refractivity contribution >= 4 is 12.0 Å². The molecule has 2 fully saturated rings. The lowest BCUT2D eigenvalue weighted by Gasteiger charge is -2.26. The molecule has 0 spiro atoms. The van der Waals surface area contributed by atoms with Gasteiger partial charge in [0.15, 0.2) is 0 Å². The van der Waals surface area contributed by atoms with Gasteiger partial charge in [0.2, 0.25) is 0 Å². The topological polar surface area (TPSA) is 78.4 Å². The van der Waals surface area contributed by atoms with E-state index in [1.807, 2.05) is 0 Å². The number of nitrogens with one attached hydrogen (secondary N) is 2. The summed E-state index contributed by atoms with van der Waals surface area (Å²) in [6.45, 7) is 2.93. The van der Waals surface area contributed by atoms with E-state index in [4.69, 9.17) is 5.11 Å². The number of rotatable bonds is 5. The highest BCUT2D eigenvalue weighted by Gasteiger charge is 2.37. The number of urea groups is 1. The zero-order chi connectivity index (χ0) is 13.8. The average Bonchev–Trinajstić information content (AvgIpc) is 3.19. The van der Waals surface area contributed by atoms with E-state index in [1.165, 1.54) is 12.8 Å². The monoisotopic (exact) mass is 268 g/mol. The van der Waals surface area contributed by atoms with E-state index in [2.05, 4.69) is 17.6 Å². The van der Waals surface area contributed by atoms with Crippen molar-refractivity contribution in [2.24, 2.45) is 17.8 Å². The summed E-state index contributed by atoms with van der Waals surface area (Å²) in [6, 6.07) is -1.05. The Hall–Kier alpha value is -1.26. The molecule has 0 aliphatic heterocycles. The van der Waals surface area contributed by atoms with Crippen molar-refractivity contribution < 1.29 is 14.7 Å². The van der Waals surface area contributed by atoms with Gasteiger partial charge in [-0.3, -0.25) is 0 Å². The molecule has 19 heavy (non-hydrogen) atoms. The van der Waals surface area contributed by atoms with Crippen LogP contribution in [0.4, 0.5) is 4.79 Å². The summed E-state index contributed by atoms with van der Waals surface area (Å²) < 4.78 is 0. The molecule has 2 rings (SSSR count). The van der Waals surface area contributed by atoms with Crippen molar-refractivity contribution in [3.05, 3.63) is 0 Å². The van der Waals surface area contributed by atoms with Crippen LogP contribution in [0, 0.1) is 17.8 Å². The lowest BCUT2D eigenvalue weighted by Crippen LogP contribution is -2.48. The zero-order valence-corrected chi connectivity index (χ0v) is 11.5. The summed E-state index contributed by atoms with van der Waals surface area (Å²) in [6.07, 6.45) is 6.58. The van der Waals surface area contributed by atoms with Crippen molar-refractivity contribution in [3.63, 3.8) is 0 Å². The van der Waals surface area contributed by atoms with Crippen LogP contribution in [0.2, 0.25) is 0 Å². The summed E-state index contributed by atoms with van der Waals surface area (Å²) in [5.74, 6) is 0.547. The van der Waals surface area contributed by atoms with Crippen LogP contribution in [0.25, 0.3) is 0 Å². The Bertz CT molecular complexity index is 334. The molecule has 0 saturated heterocycles. The normalized spacial score (nSPS) is 28.5. The standard InChI is InChI=1S/C14H24N2O3/c1-9-2-4-10(5-3-9)8-15-14(19)16-12(13(17)18)11-6-7-11/h9-12H,2-8H2,1H3,(H,17,18)(H2,15,16,19). The molecule has 0 radical (unpaired) electrons. The van der Waals surface area contributed by atoms with Gasteiger partial charge in [-0.25, -0.2) is 9.59 Å². The second-order valence-corrected chi connectivity index (χ2v) is 6.13. The molecular weight excluding hydrogens is 244 g/mol. The summed E-state index contributed by atoms with van der Waals surface area (Å²) >= 11 is 0. The molecular formula is C14H24N2O3. The molecule has 0 aromatic carbocycles. The zero-order valence-electron chi connectivity index (χ0n) is 11.5. The largest absolute Gasteiger partial charge is 0.480 e. The predicted molar refractivity (Wildman–Crippen MR) is 71.8 cm³/mol. The number of hydrogen-bond acceptors (Lipinski definition) is 2. The Labute approximate surface area is 114 Å². The van der Waals surface area contributed by atoms with Crippen LogP contribution in [-0.4, -0.2) is 29.7 Å². The molecule has 2 saturated carbocycles. The first-order chi connectivity index (χ1) is 9.06. The maximum atomic E-state index is 11.7. The number of carboxylic acid groups (broad SMARTS) is 1. The van der Waals surface area contributed by atoms with E-state index < -0.39 is 12.0 Å². The van der Waals surface area contributed by atoms with Crippen LogP contribution in [0.1, 0.15) is 45.4 Å². The maximum absolute atomic E-state index is 11.7. The Balaban J connectivity index is 1.67. The van der Waals surface area contributed by atoms with E-state index in [9.17, 15) is 9.59 Å². The van der Waals surface area contributed by atoms with Gasteiger partial charge in [0.25, 0.3) is 0 Å². The lowest BCUT2D eigenvalue weighted by molar-refractivity contribution is -0.139. The van der Waals surface area contributed by atoms with Gasteiger partial charge >= 0.3 is 12.0 Å². The first kappa shape index (κ1) is 14.2. The number of amides is 2. The minimum absolute atomic E-state index is 0.124. The third kappa shape index (κ3) is 4.40. The van der Waals surface area contributed by atoms with Crippen LogP contribution in [-0.2, 0) is 4.79 Å². The first-order valence-corrected chi connectivity index (χ1v) is 7.33. The summed E-state index contributed by atoms with van der Waals surface area (Å²) in [4.78, 5) is 22.7. The van der Waals surface area contributed by atoms with Gasteiger partial charge in [0.1, 0.15) is 6.04 Å². The van der Waals surface area contributed by atoms with E-state index in [-0.39, 0.29) is 11.9 Å². The Morgan fingerprint density at radius 1 is 1.16 bits per heavy atom. The maximum Gasteiger partial charge on any atom is 0.326 e. The highest BCUT2D eigenvalue weighted by Crippen LogP contribution is 2.32. The number of carbonyl (C=O) groups excluding carboxylic acids is 1. The number of carbonyl (C=O) groups is 2. The molecule has 0 aromatic heterocycles. The molecule has 2 aliphatic rings. The van der Waals surface area contributed by atoms with Crippen molar-refractivity contribution in [2.45, 2.75) is 51.5 Å². The van der Waals surface area contributed by atoms with Gasteiger partial charge in [0.05, 0.1) is 0 Å². The van der Waals surface area contributed by atoms with Crippen LogP contribution >= 0.6 is 0 Å². The Morgan fingerprint density at radius 2 is 1.79 bits per heavy atom. The molecule has 0 bridgehead atoms. The molecule has 1 unspecified atom stereocenters. The van der Waals surface area contributed by atoms with Gasteiger partial charge in [-0.15, -0.1) is 0 Å². The van der Waals surface area contributed by atoms with Crippen molar-refractivity contribution in [3.8, 4) is 0 Å². The second-order valence-electron chi connectivity index (χ2n) is 6.13. The quantitative estimate of drug-likeness (QED) is 0.713. The molecule has 5 heteroatoms. The second kappa shape index (κ2) is 6.26. The number of hydrogen-bond donors (Lipinski definition) is 3. The fourth-order valence-corrected chi connectivity index (χ4v) is 2.77. The summed E-state index contributed by atoms with van der Waals surface area (Å²) in [5, 5.41) is 14.4. The highest BCUT2D eigenvalue weighted by atomic mass is 16.4. The molecule has 2 amide bonds. The summed E-state index contributed by atoms with van der Waals surface area (Å²) in [5.41, 5.74) is 0. The van der Waals surface area contributed by atoms with E-state index in [0.29, 0.717) is 12.5 Å². The molecule has 1 atom stereocenters. The lowest BCUT2D eigenvalue weighted by atomic mass is 9.83. The van der Waals surface area contributed by atoms with Crippen LogP contribution in [0.5, 0.6) is 0 Å². The third-order valence-corrected chi connectivity index (χ3v) is 4.33. The predicted octanol–water partition coefficient (Wildman–Crippen LogP) is 1.98. The minimum atomic E-state index is -0.927. The fraction of sp³-hybridized carbons (Fsp3) is 0.857. The van der Waals surface area contributed by atoms with Crippen molar-refractivity contribution in [1.29, 1.82) is 0 Å². The molecule has 5 nitrogen and oxygen atoms in total. The van der Waals surface area contributed by atoms with E-state index in [1.54, 1.807) is 0 Å². The van der Waals surface area contributed by atoms with Gasteiger partial charge in [-0.1, -0.05) is 19.8 Å². The van der Waals surface area contributed by atoms with E-state index >= 15 is 0 Å². The molecule has 0 aromatic rings. The number of aliphatic carboxylic acids is 1.